The van der Waals surface area contributed by atoms with E-state index in [2.05, 4.69) is 9.22 Å². The van der Waals surface area contributed by atoms with Gasteiger partial charge in [0.2, 0.25) is 0 Å². The Morgan fingerprint density at radius 3 is 2.79 bits per heavy atom. The summed E-state index contributed by atoms with van der Waals surface area (Å²) in [4.78, 5) is 14.7. The van der Waals surface area contributed by atoms with Crippen molar-refractivity contribution in [2.24, 2.45) is 5.73 Å². The highest BCUT2D eigenvalue weighted by molar-refractivity contribution is 7.92. The van der Waals surface area contributed by atoms with Crippen LogP contribution in [0.1, 0.15) is 19.8 Å². The third-order valence-corrected chi connectivity index (χ3v) is 1.82. The summed E-state index contributed by atoms with van der Waals surface area (Å²) >= 11 is 0.489. The maximum Gasteiger partial charge on any atom is 0.419 e. The lowest BCUT2D eigenvalue weighted by molar-refractivity contribution is -0.102. The fourth-order valence-corrected chi connectivity index (χ4v) is 1.000. The van der Waals surface area contributed by atoms with Crippen molar-refractivity contribution in [3.05, 3.63) is 0 Å². The molecule has 0 spiro atoms. The van der Waals surface area contributed by atoms with E-state index in [0.717, 1.165) is 17.1 Å². The van der Waals surface area contributed by atoms with Gasteiger partial charge in [0, 0.05) is 6.54 Å². The predicted molar refractivity (Wildman–Crippen MR) is 51.3 cm³/mol. The van der Waals surface area contributed by atoms with Gasteiger partial charge in [0.05, 0.1) is 0 Å². The Morgan fingerprint density at radius 1 is 1.71 bits per heavy atom. The van der Waals surface area contributed by atoms with Crippen LogP contribution in [0.25, 0.3) is 0 Å². The molecule has 7 nitrogen and oxygen atoms in total. The molecule has 0 aliphatic carbocycles. The molecule has 0 aliphatic heterocycles. The van der Waals surface area contributed by atoms with Crippen molar-refractivity contribution in [3.63, 3.8) is 0 Å². The number of carbonyl (C=O) groups is 1. The molecule has 0 saturated heterocycles. The molecule has 82 valence electrons. The van der Waals surface area contributed by atoms with Crippen LogP contribution in [0.5, 0.6) is 0 Å². The number of nitrogens with zero attached hydrogens (tertiary/aromatic N) is 1. The molecule has 0 fully saturated rings. The summed E-state index contributed by atoms with van der Waals surface area (Å²) in [6, 6.07) is -0.627. The number of nitrogens with one attached hydrogen (secondary N) is 1. The zero-order valence-corrected chi connectivity index (χ0v) is 8.54. The summed E-state index contributed by atoms with van der Waals surface area (Å²) in [5.41, 5.74) is 4.81. The molecule has 14 heavy (non-hydrogen) atoms. The first-order valence-corrected chi connectivity index (χ1v) is 4.63. The maximum absolute atomic E-state index is 10.6. The van der Waals surface area contributed by atoms with Gasteiger partial charge in [-0.25, -0.2) is 14.5 Å². The number of carboxylic acid groups (broad SMARTS) is 1. The molecule has 8 heteroatoms. The standard InChI is InChI=1S/C6H13N3O4S/c1-2-3-4-9(6(10)11)14-13-12-5(7)8/h2-4H2,1H3,(H3,7,8)(H,10,11). The number of hydrogen-bond donors (Lipinski definition) is 3. The predicted octanol–water partition coefficient (Wildman–Crippen LogP) is 1.17. The molecule has 0 radical (unpaired) electrons. The minimum absolute atomic E-state index is 0.331. The minimum Gasteiger partial charge on any atom is -0.464 e. The maximum atomic E-state index is 10.6. The average molecular weight is 223 g/mol. The van der Waals surface area contributed by atoms with Crippen molar-refractivity contribution >= 4 is 24.3 Å². The quantitative estimate of drug-likeness (QED) is 0.156. The first kappa shape index (κ1) is 12.8. The van der Waals surface area contributed by atoms with Crippen molar-refractivity contribution in [1.29, 1.82) is 5.41 Å². The van der Waals surface area contributed by atoms with E-state index >= 15 is 0 Å². The third kappa shape index (κ3) is 6.38. The summed E-state index contributed by atoms with van der Waals surface area (Å²) < 4.78 is 5.28. The molecule has 0 heterocycles. The Morgan fingerprint density at radius 2 is 2.36 bits per heavy atom. The summed E-state index contributed by atoms with van der Waals surface area (Å²) in [6.07, 6.45) is 0.469. The highest BCUT2D eigenvalue weighted by atomic mass is 32.2. The number of unbranched alkanes of at least 4 members (excludes halogenated alkanes) is 1. The molecule has 0 unspecified atom stereocenters. The lowest BCUT2D eigenvalue weighted by Crippen LogP contribution is -2.24. The van der Waals surface area contributed by atoms with Gasteiger partial charge in [-0.1, -0.05) is 17.7 Å². The Bertz CT molecular complexity index is 202. The number of nitrogens with two attached hydrogens (primary N) is 1. The molecule has 0 aromatic heterocycles. The summed E-state index contributed by atoms with van der Waals surface area (Å²) in [5.74, 6) is 0. The smallest absolute Gasteiger partial charge is 0.419 e. The molecule has 0 aromatic carbocycles. The van der Waals surface area contributed by atoms with Gasteiger partial charge in [0.1, 0.15) is 0 Å². The van der Waals surface area contributed by atoms with Crippen LogP contribution in [-0.2, 0) is 9.22 Å². The van der Waals surface area contributed by atoms with Crippen molar-refractivity contribution < 1.29 is 19.1 Å². The lowest BCUT2D eigenvalue weighted by Gasteiger charge is -2.14. The van der Waals surface area contributed by atoms with E-state index in [9.17, 15) is 4.79 Å². The van der Waals surface area contributed by atoms with Crippen LogP contribution in [0.15, 0.2) is 0 Å². The van der Waals surface area contributed by atoms with Crippen LogP contribution in [0.3, 0.4) is 0 Å². The second-order valence-electron chi connectivity index (χ2n) is 2.33. The number of amides is 1. The Balaban J connectivity index is 3.73. The topological polar surface area (TPSA) is 109 Å². The van der Waals surface area contributed by atoms with Gasteiger partial charge in [0.15, 0.2) is 12.2 Å². The van der Waals surface area contributed by atoms with E-state index in [1.54, 1.807) is 0 Å². The fraction of sp³-hybridized carbons (Fsp3) is 0.667. The van der Waals surface area contributed by atoms with Gasteiger partial charge in [0.25, 0.3) is 0 Å². The highest BCUT2D eigenvalue weighted by Gasteiger charge is 2.13. The molecule has 0 aromatic rings. The number of hydrogen-bond acceptors (Lipinski definition) is 5. The minimum atomic E-state index is -1.13. The average Bonchev–Trinajstić information content (AvgIpc) is 2.09. The van der Waals surface area contributed by atoms with Gasteiger partial charge in [-0.05, 0) is 6.42 Å². The summed E-state index contributed by atoms with van der Waals surface area (Å²) in [5, 5.41) is 15.3. The van der Waals surface area contributed by atoms with Crippen LogP contribution in [0.2, 0.25) is 0 Å². The van der Waals surface area contributed by atoms with Gasteiger partial charge >= 0.3 is 12.1 Å². The molecular formula is C6H13N3O4S. The molecule has 0 aliphatic rings. The first-order valence-electron chi connectivity index (χ1n) is 3.93. The normalized spacial score (nSPS) is 9.50. The lowest BCUT2D eigenvalue weighted by atomic mass is 10.3. The molecular weight excluding hydrogens is 210 g/mol. The molecule has 0 rings (SSSR count). The highest BCUT2D eigenvalue weighted by Crippen LogP contribution is 2.13. The van der Waals surface area contributed by atoms with E-state index in [4.69, 9.17) is 16.2 Å². The van der Waals surface area contributed by atoms with E-state index in [-0.39, 0.29) is 0 Å². The third-order valence-electron chi connectivity index (χ3n) is 1.17. The van der Waals surface area contributed by atoms with E-state index in [0.29, 0.717) is 18.8 Å². The monoisotopic (exact) mass is 223 g/mol. The van der Waals surface area contributed by atoms with Crippen molar-refractivity contribution in [2.75, 3.05) is 6.54 Å². The van der Waals surface area contributed by atoms with Gasteiger partial charge in [-0.2, -0.15) is 0 Å². The Kier molecular flexibility index (Phi) is 6.68. The number of rotatable bonds is 6. The first-order chi connectivity index (χ1) is 6.57. The largest absolute Gasteiger partial charge is 0.464 e. The van der Waals surface area contributed by atoms with Crippen molar-refractivity contribution in [1.82, 2.24) is 4.31 Å². The van der Waals surface area contributed by atoms with Crippen LogP contribution in [0.4, 0.5) is 4.79 Å². The second-order valence-corrected chi connectivity index (χ2v) is 3.05. The summed E-state index contributed by atoms with van der Waals surface area (Å²) in [7, 11) is 0. The molecule has 0 atom stereocenters. The van der Waals surface area contributed by atoms with Crippen molar-refractivity contribution in [3.8, 4) is 0 Å². The SMILES string of the molecule is CCCCN(SOOC(=N)N)C(=O)O. The van der Waals surface area contributed by atoms with Gasteiger partial charge < -0.3 is 10.8 Å². The zero-order valence-electron chi connectivity index (χ0n) is 7.73. The molecule has 0 bridgehead atoms. The Labute approximate surface area is 85.9 Å². The van der Waals surface area contributed by atoms with E-state index < -0.39 is 12.1 Å². The summed E-state index contributed by atoms with van der Waals surface area (Å²) in [6.45, 7) is 2.27. The van der Waals surface area contributed by atoms with Crippen LogP contribution >= 0.6 is 12.2 Å². The molecule has 0 saturated carbocycles. The van der Waals surface area contributed by atoms with Crippen molar-refractivity contribution in [2.45, 2.75) is 19.8 Å². The van der Waals surface area contributed by atoms with E-state index in [1.165, 1.54) is 0 Å². The van der Waals surface area contributed by atoms with Crippen LogP contribution in [-0.4, -0.2) is 28.1 Å². The van der Waals surface area contributed by atoms with Crippen LogP contribution < -0.4 is 5.73 Å². The fourth-order valence-electron chi connectivity index (χ4n) is 0.555. The molecule has 4 N–H and O–H groups in total. The second kappa shape index (κ2) is 7.27. The molecule has 1 amide bonds. The number of amidine groups is 1. The zero-order chi connectivity index (χ0) is 11.0. The van der Waals surface area contributed by atoms with Gasteiger partial charge in [-0.3, -0.25) is 4.89 Å². The van der Waals surface area contributed by atoms with Gasteiger partial charge in [-0.15, -0.1) is 0 Å². The van der Waals surface area contributed by atoms with E-state index in [1.807, 2.05) is 6.92 Å². The van der Waals surface area contributed by atoms with Crippen LogP contribution in [0, 0.1) is 5.41 Å². The Hall–Kier alpha value is -1.15.